The third-order valence-corrected chi connectivity index (χ3v) is 2.71. The molecule has 0 aromatic heterocycles. The van der Waals surface area contributed by atoms with E-state index < -0.39 is 0 Å². The molecule has 2 aromatic carbocycles. The Kier molecular flexibility index (Phi) is 2.82. The number of fused-ring (bicyclic) bond motifs is 1. The van der Waals surface area contributed by atoms with Crippen molar-refractivity contribution in [2.24, 2.45) is 4.99 Å². The smallest absolute Gasteiger partial charge is 0.0420 e. The van der Waals surface area contributed by atoms with Gasteiger partial charge in [-0.1, -0.05) is 49.4 Å². The van der Waals surface area contributed by atoms with Crippen LogP contribution < -0.4 is 0 Å². The van der Waals surface area contributed by atoms with E-state index in [0.29, 0.717) is 0 Å². The summed E-state index contributed by atoms with van der Waals surface area (Å²) in [5, 5.41) is 2.58. The van der Waals surface area contributed by atoms with Gasteiger partial charge in [-0.2, -0.15) is 0 Å². The first kappa shape index (κ1) is 9.91. The summed E-state index contributed by atoms with van der Waals surface area (Å²) in [6, 6.07) is 14.8. The summed E-state index contributed by atoms with van der Waals surface area (Å²) in [5.41, 5.74) is 2.44. The van der Waals surface area contributed by atoms with Gasteiger partial charge in [0.05, 0.1) is 0 Å². The van der Waals surface area contributed by atoms with Gasteiger partial charge in [0.25, 0.3) is 0 Å². The van der Waals surface area contributed by atoms with Crippen LogP contribution in [0.5, 0.6) is 0 Å². The Hall–Kier alpha value is -1.63. The Bertz CT molecular complexity index is 492. The molecule has 15 heavy (non-hydrogen) atoms. The maximum Gasteiger partial charge on any atom is 0.0420 e. The monoisotopic (exact) mass is 197 g/mol. The van der Waals surface area contributed by atoms with Crippen LogP contribution in [0.2, 0.25) is 0 Å². The van der Waals surface area contributed by atoms with Crippen molar-refractivity contribution >= 4 is 16.5 Å². The molecule has 0 atom stereocenters. The van der Waals surface area contributed by atoms with E-state index in [1.54, 1.807) is 0 Å². The van der Waals surface area contributed by atoms with Crippen LogP contribution in [0.4, 0.5) is 0 Å². The van der Waals surface area contributed by atoms with E-state index in [9.17, 15) is 0 Å². The zero-order valence-electron chi connectivity index (χ0n) is 9.20. The summed E-state index contributed by atoms with van der Waals surface area (Å²) < 4.78 is 0. The van der Waals surface area contributed by atoms with Crippen molar-refractivity contribution in [3.63, 3.8) is 0 Å². The first-order chi connectivity index (χ1) is 7.36. The molecule has 0 N–H and O–H groups in total. The highest BCUT2D eigenvalue weighted by atomic mass is 14.7. The second-order valence-corrected chi connectivity index (χ2v) is 3.55. The lowest BCUT2D eigenvalue weighted by molar-refractivity contribution is 1.25. The summed E-state index contributed by atoms with van der Waals surface area (Å²) in [7, 11) is 1.86. The Morgan fingerprint density at radius 1 is 1.07 bits per heavy atom. The largest absolute Gasteiger partial charge is 0.292 e. The Morgan fingerprint density at radius 2 is 1.80 bits per heavy atom. The van der Waals surface area contributed by atoms with E-state index in [-0.39, 0.29) is 0 Å². The number of hydrogen-bond acceptors (Lipinski definition) is 1. The van der Waals surface area contributed by atoms with E-state index in [4.69, 9.17) is 0 Å². The average Bonchev–Trinajstić information content (AvgIpc) is 2.31. The number of benzene rings is 2. The van der Waals surface area contributed by atoms with E-state index in [1.807, 2.05) is 7.05 Å². The van der Waals surface area contributed by atoms with Crippen molar-refractivity contribution in [2.45, 2.75) is 13.3 Å². The Balaban J connectivity index is 2.71. The van der Waals surface area contributed by atoms with Gasteiger partial charge in [0.2, 0.25) is 0 Å². The molecular weight excluding hydrogens is 182 g/mol. The second kappa shape index (κ2) is 4.26. The minimum atomic E-state index is 0.977. The minimum Gasteiger partial charge on any atom is -0.292 e. The average molecular weight is 197 g/mol. The maximum atomic E-state index is 4.34. The predicted octanol–water partition coefficient (Wildman–Crippen LogP) is 3.67. The molecule has 76 valence electrons. The molecule has 0 aliphatic carbocycles. The molecular formula is C14H15N. The minimum absolute atomic E-state index is 0.977. The lowest BCUT2D eigenvalue weighted by atomic mass is 10.00. The molecule has 0 spiro atoms. The quantitative estimate of drug-likeness (QED) is 0.651. The van der Waals surface area contributed by atoms with Gasteiger partial charge in [0.1, 0.15) is 0 Å². The van der Waals surface area contributed by atoms with Gasteiger partial charge >= 0.3 is 0 Å². The van der Waals surface area contributed by atoms with Crippen LogP contribution in [0.1, 0.15) is 18.9 Å². The van der Waals surface area contributed by atoms with Crippen LogP contribution in [0.25, 0.3) is 10.8 Å². The zero-order chi connectivity index (χ0) is 10.7. The number of aliphatic imine (C=N–C) groups is 1. The van der Waals surface area contributed by atoms with E-state index in [1.165, 1.54) is 22.0 Å². The maximum absolute atomic E-state index is 4.34. The molecule has 0 saturated heterocycles. The molecule has 0 bridgehead atoms. The van der Waals surface area contributed by atoms with Gasteiger partial charge in [-0.15, -0.1) is 0 Å². The molecule has 0 unspecified atom stereocenters. The Labute approximate surface area is 90.5 Å². The summed E-state index contributed by atoms with van der Waals surface area (Å²) in [6.07, 6.45) is 0.977. The molecule has 0 aliphatic rings. The standard InChI is InChI=1S/C14H15N/c1-3-14(15-2)13-10-6-8-11-7-4-5-9-12(11)13/h4-10H,3H2,1-2H3. The van der Waals surface area contributed by atoms with Crippen LogP contribution in [0.15, 0.2) is 47.5 Å². The van der Waals surface area contributed by atoms with Crippen molar-refractivity contribution in [1.82, 2.24) is 0 Å². The van der Waals surface area contributed by atoms with Gasteiger partial charge < -0.3 is 0 Å². The zero-order valence-corrected chi connectivity index (χ0v) is 9.20. The van der Waals surface area contributed by atoms with Crippen molar-refractivity contribution in [2.75, 3.05) is 7.05 Å². The Morgan fingerprint density at radius 3 is 2.53 bits per heavy atom. The summed E-state index contributed by atoms with van der Waals surface area (Å²) in [6.45, 7) is 2.14. The van der Waals surface area contributed by atoms with Crippen molar-refractivity contribution in [1.29, 1.82) is 0 Å². The van der Waals surface area contributed by atoms with Crippen LogP contribution >= 0.6 is 0 Å². The van der Waals surface area contributed by atoms with Crippen molar-refractivity contribution in [3.05, 3.63) is 48.0 Å². The molecule has 2 aromatic rings. The predicted molar refractivity (Wildman–Crippen MR) is 66.7 cm³/mol. The van der Waals surface area contributed by atoms with Crippen molar-refractivity contribution < 1.29 is 0 Å². The first-order valence-corrected chi connectivity index (χ1v) is 5.30. The summed E-state index contributed by atoms with van der Waals surface area (Å²) in [4.78, 5) is 4.34. The lowest BCUT2D eigenvalue weighted by Gasteiger charge is -2.07. The van der Waals surface area contributed by atoms with E-state index in [2.05, 4.69) is 54.4 Å². The molecule has 2 rings (SSSR count). The topological polar surface area (TPSA) is 12.4 Å². The number of nitrogens with zero attached hydrogens (tertiary/aromatic N) is 1. The first-order valence-electron chi connectivity index (χ1n) is 5.30. The normalized spacial score (nSPS) is 12.0. The highest BCUT2D eigenvalue weighted by Crippen LogP contribution is 2.19. The SMILES string of the molecule is CCC(=NC)c1cccc2ccccc12. The van der Waals surface area contributed by atoms with Gasteiger partial charge in [-0.05, 0) is 17.2 Å². The van der Waals surface area contributed by atoms with E-state index in [0.717, 1.165) is 6.42 Å². The number of hydrogen-bond donors (Lipinski definition) is 0. The molecule has 0 fully saturated rings. The van der Waals surface area contributed by atoms with Crippen LogP contribution in [-0.4, -0.2) is 12.8 Å². The highest BCUT2D eigenvalue weighted by molar-refractivity contribution is 6.10. The second-order valence-electron chi connectivity index (χ2n) is 3.55. The molecule has 0 radical (unpaired) electrons. The fourth-order valence-electron chi connectivity index (χ4n) is 1.95. The molecule has 1 nitrogen and oxygen atoms in total. The third-order valence-electron chi connectivity index (χ3n) is 2.71. The van der Waals surface area contributed by atoms with Gasteiger partial charge in [0.15, 0.2) is 0 Å². The van der Waals surface area contributed by atoms with Gasteiger partial charge in [-0.25, -0.2) is 0 Å². The fraction of sp³-hybridized carbons (Fsp3) is 0.214. The molecule has 0 amide bonds. The molecule has 0 aliphatic heterocycles. The van der Waals surface area contributed by atoms with Crippen LogP contribution in [0.3, 0.4) is 0 Å². The van der Waals surface area contributed by atoms with Gasteiger partial charge in [-0.3, -0.25) is 4.99 Å². The summed E-state index contributed by atoms with van der Waals surface area (Å²) >= 11 is 0. The summed E-state index contributed by atoms with van der Waals surface area (Å²) in [5.74, 6) is 0. The lowest BCUT2D eigenvalue weighted by Crippen LogP contribution is -1.99. The number of rotatable bonds is 2. The third kappa shape index (κ3) is 1.78. The molecule has 0 heterocycles. The van der Waals surface area contributed by atoms with E-state index >= 15 is 0 Å². The fourth-order valence-corrected chi connectivity index (χ4v) is 1.95. The van der Waals surface area contributed by atoms with Crippen LogP contribution in [-0.2, 0) is 0 Å². The highest BCUT2D eigenvalue weighted by Gasteiger charge is 2.04. The molecule has 1 heteroatoms. The molecule has 0 saturated carbocycles. The van der Waals surface area contributed by atoms with Crippen LogP contribution in [0, 0.1) is 0 Å². The van der Waals surface area contributed by atoms with Gasteiger partial charge in [0, 0.05) is 18.3 Å². The van der Waals surface area contributed by atoms with Crippen molar-refractivity contribution in [3.8, 4) is 0 Å².